The summed E-state index contributed by atoms with van der Waals surface area (Å²) in [4.78, 5) is 0. The van der Waals surface area contributed by atoms with Gasteiger partial charge in [0.15, 0.2) is 5.60 Å². The Kier molecular flexibility index (Phi) is 5.10. The van der Waals surface area contributed by atoms with Gasteiger partial charge in [-0.15, -0.1) is 10.2 Å². The molecule has 0 atom stereocenters. The largest absolute Gasteiger partial charge is 0.506 e. The standard InChI is InChI=1S/C25H22N6O3/c1-16-8-6-12-19(32)23(16)30-14-21(26-28-30)25(34,18-10-4-3-5-11-18)22-15-31(29-27-22)24-17(2)9-7-13-20(24)33/h3-15,32-34H,1-2H3. The minimum absolute atomic E-state index is 0.0423. The van der Waals surface area contributed by atoms with Crippen LogP contribution in [0.1, 0.15) is 28.1 Å². The number of rotatable bonds is 5. The molecule has 0 amide bonds. The third-order valence-corrected chi connectivity index (χ3v) is 5.81. The van der Waals surface area contributed by atoms with Crippen LogP contribution in [0.4, 0.5) is 0 Å². The molecule has 0 saturated heterocycles. The lowest BCUT2D eigenvalue weighted by molar-refractivity contribution is 0.115. The Labute approximate surface area is 195 Å². The molecule has 170 valence electrons. The van der Waals surface area contributed by atoms with Crippen LogP contribution in [0.25, 0.3) is 11.4 Å². The minimum Gasteiger partial charge on any atom is -0.506 e. The molecule has 0 aliphatic rings. The van der Waals surface area contributed by atoms with Crippen LogP contribution < -0.4 is 0 Å². The molecule has 0 saturated carbocycles. The number of nitrogens with zero attached hydrogens (tertiary/aromatic N) is 6. The van der Waals surface area contributed by atoms with Gasteiger partial charge in [0.1, 0.15) is 34.3 Å². The van der Waals surface area contributed by atoms with Gasteiger partial charge in [-0.1, -0.05) is 65.0 Å². The van der Waals surface area contributed by atoms with Crippen molar-refractivity contribution in [1.82, 2.24) is 30.0 Å². The molecule has 3 aromatic carbocycles. The predicted octanol–water partition coefficient (Wildman–Crippen LogP) is 3.16. The summed E-state index contributed by atoms with van der Waals surface area (Å²) in [6.07, 6.45) is 3.11. The Balaban J connectivity index is 1.67. The number of aromatic hydroxyl groups is 2. The van der Waals surface area contributed by atoms with Crippen molar-refractivity contribution < 1.29 is 15.3 Å². The molecule has 5 rings (SSSR count). The summed E-state index contributed by atoms with van der Waals surface area (Å²) < 4.78 is 2.84. The van der Waals surface area contributed by atoms with Gasteiger partial charge in [-0.2, -0.15) is 0 Å². The summed E-state index contributed by atoms with van der Waals surface area (Å²) in [5, 5.41) is 49.6. The maximum absolute atomic E-state index is 12.1. The molecule has 3 N–H and O–H groups in total. The Bertz CT molecular complexity index is 1350. The number of aryl methyl sites for hydroxylation is 2. The second-order valence-corrected chi connectivity index (χ2v) is 8.06. The lowest BCUT2D eigenvalue weighted by atomic mass is 9.88. The van der Waals surface area contributed by atoms with Crippen LogP contribution in [0, 0.1) is 13.8 Å². The van der Waals surface area contributed by atoms with Crippen LogP contribution in [0.5, 0.6) is 11.5 Å². The normalized spacial score (nSPS) is 11.6. The Hall–Kier alpha value is -4.50. The van der Waals surface area contributed by atoms with E-state index in [2.05, 4.69) is 20.6 Å². The summed E-state index contributed by atoms with van der Waals surface area (Å²) in [7, 11) is 0. The number of aliphatic hydroxyl groups is 1. The zero-order valence-corrected chi connectivity index (χ0v) is 18.5. The SMILES string of the molecule is Cc1cccc(O)c1-n1cc(C(O)(c2ccccc2)c2cn(-c3c(C)cccc3O)nn2)nn1. The quantitative estimate of drug-likeness (QED) is 0.373. The Morgan fingerprint density at radius 1 is 0.647 bits per heavy atom. The smallest absolute Gasteiger partial charge is 0.181 e. The van der Waals surface area contributed by atoms with Gasteiger partial charge in [0.2, 0.25) is 0 Å². The number of hydrogen-bond donors (Lipinski definition) is 3. The maximum Gasteiger partial charge on any atom is 0.181 e. The molecule has 0 spiro atoms. The van der Waals surface area contributed by atoms with Crippen LogP contribution in [0.3, 0.4) is 0 Å². The van der Waals surface area contributed by atoms with Crippen LogP contribution in [0.15, 0.2) is 79.1 Å². The molecule has 5 aromatic rings. The Morgan fingerprint density at radius 2 is 1.12 bits per heavy atom. The number of aromatic nitrogens is 6. The second kappa shape index (κ2) is 8.13. The predicted molar refractivity (Wildman–Crippen MR) is 124 cm³/mol. The number of hydrogen-bond acceptors (Lipinski definition) is 7. The molecule has 0 fully saturated rings. The molecule has 0 aliphatic carbocycles. The van der Waals surface area contributed by atoms with Gasteiger partial charge in [0, 0.05) is 0 Å². The average Bonchev–Trinajstić information content (AvgIpc) is 3.50. The molecular weight excluding hydrogens is 432 g/mol. The fourth-order valence-electron chi connectivity index (χ4n) is 4.07. The van der Waals surface area contributed by atoms with Crippen LogP contribution >= 0.6 is 0 Å². The topological polar surface area (TPSA) is 122 Å². The van der Waals surface area contributed by atoms with Gasteiger partial charge in [0.25, 0.3) is 0 Å². The fraction of sp³-hybridized carbons (Fsp3) is 0.120. The van der Waals surface area contributed by atoms with E-state index in [1.54, 1.807) is 60.9 Å². The Morgan fingerprint density at radius 3 is 1.56 bits per heavy atom. The third kappa shape index (κ3) is 3.39. The lowest BCUT2D eigenvalue weighted by Crippen LogP contribution is -2.30. The molecule has 9 heteroatoms. The average molecular weight is 454 g/mol. The summed E-state index contributed by atoms with van der Waals surface area (Å²) >= 11 is 0. The molecule has 0 unspecified atom stereocenters. The summed E-state index contributed by atoms with van der Waals surface area (Å²) in [5.74, 6) is 0.0846. The second-order valence-electron chi connectivity index (χ2n) is 8.06. The van der Waals surface area contributed by atoms with E-state index in [1.165, 1.54) is 9.36 Å². The van der Waals surface area contributed by atoms with E-state index in [1.807, 2.05) is 32.0 Å². The molecule has 0 radical (unpaired) electrons. The van der Waals surface area contributed by atoms with Crippen LogP contribution in [-0.2, 0) is 5.60 Å². The summed E-state index contributed by atoms with van der Waals surface area (Å²) in [6.45, 7) is 3.69. The number of benzene rings is 3. The van der Waals surface area contributed by atoms with Gasteiger partial charge in [-0.3, -0.25) is 0 Å². The highest BCUT2D eigenvalue weighted by molar-refractivity contribution is 5.53. The molecular formula is C25H22N6O3. The first-order valence-electron chi connectivity index (χ1n) is 10.6. The number of phenolic OH excluding ortho intramolecular Hbond substituents is 2. The van der Waals surface area contributed by atoms with Crippen LogP contribution in [-0.4, -0.2) is 45.3 Å². The molecule has 34 heavy (non-hydrogen) atoms. The highest BCUT2D eigenvalue weighted by Crippen LogP contribution is 2.36. The third-order valence-electron chi connectivity index (χ3n) is 5.81. The molecule has 0 aliphatic heterocycles. The van der Waals surface area contributed by atoms with Gasteiger partial charge in [-0.25, -0.2) is 9.36 Å². The number of para-hydroxylation sites is 2. The summed E-state index contributed by atoms with van der Waals surface area (Å²) in [6, 6.07) is 19.3. The first-order valence-corrected chi connectivity index (χ1v) is 10.6. The highest BCUT2D eigenvalue weighted by Gasteiger charge is 2.40. The fourth-order valence-corrected chi connectivity index (χ4v) is 4.07. The van der Waals surface area contributed by atoms with Crippen molar-refractivity contribution in [3.05, 3.63) is 107 Å². The van der Waals surface area contributed by atoms with Gasteiger partial charge < -0.3 is 15.3 Å². The van der Waals surface area contributed by atoms with Crippen LogP contribution in [0.2, 0.25) is 0 Å². The first-order chi connectivity index (χ1) is 16.4. The highest BCUT2D eigenvalue weighted by atomic mass is 16.3. The van der Waals surface area contributed by atoms with Crippen molar-refractivity contribution in [1.29, 1.82) is 0 Å². The zero-order valence-electron chi connectivity index (χ0n) is 18.5. The lowest BCUT2D eigenvalue weighted by Gasteiger charge is -2.23. The van der Waals surface area contributed by atoms with Crippen molar-refractivity contribution in [2.75, 3.05) is 0 Å². The molecule has 2 aromatic heterocycles. The molecule has 0 bridgehead atoms. The monoisotopic (exact) mass is 454 g/mol. The minimum atomic E-state index is -1.80. The van der Waals surface area contributed by atoms with E-state index in [0.717, 1.165) is 11.1 Å². The zero-order chi connectivity index (χ0) is 23.9. The van der Waals surface area contributed by atoms with E-state index in [4.69, 9.17) is 0 Å². The van der Waals surface area contributed by atoms with E-state index >= 15 is 0 Å². The van der Waals surface area contributed by atoms with Gasteiger partial charge in [0.05, 0.1) is 12.4 Å². The van der Waals surface area contributed by atoms with E-state index < -0.39 is 5.60 Å². The van der Waals surface area contributed by atoms with E-state index in [9.17, 15) is 15.3 Å². The summed E-state index contributed by atoms with van der Waals surface area (Å²) in [5.41, 5.74) is 1.62. The molecule has 9 nitrogen and oxygen atoms in total. The first kappa shape index (κ1) is 21.4. The van der Waals surface area contributed by atoms with Crippen molar-refractivity contribution in [2.24, 2.45) is 0 Å². The number of phenols is 2. The van der Waals surface area contributed by atoms with Gasteiger partial charge in [-0.05, 0) is 42.7 Å². The maximum atomic E-state index is 12.1. The van der Waals surface area contributed by atoms with Gasteiger partial charge >= 0.3 is 0 Å². The van der Waals surface area contributed by atoms with Crippen molar-refractivity contribution in [3.63, 3.8) is 0 Å². The van der Waals surface area contributed by atoms with Crippen molar-refractivity contribution in [2.45, 2.75) is 19.4 Å². The van der Waals surface area contributed by atoms with Crippen molar-refractivity contribution >= 4 is 0 Å². The molecule has 2 heterocycles. The van der Waals surface area contributed by atoms with E-state index in [-0.39, 0.29) is 22.9 Å². The van der Waals surface area contributed by atoms with Crippen molar-refractivity contribution in [3.8, 4) is 22.9 Å². The van der Waals surface area contributed by atoms with E-state index in [0.29, 0.717) is 16.9 Å².